The molecule has 2 aromatic heterocycles. The van der Waals surface area contributed by atoms with Crippen LogP contribution in [0.15, 0.2) is 34.0 Å². The lowest BCUT2D eigenvalue weighted by Crippen LogP contribution is -2.47. The molecule has 0 N–H and O–H groups in total. The summed E-state index contributed by atoms with van der Waals surface area (Å²) >= 11 is 5.01. The van der Waals surface area contributed by atoms with Crippen LogP contribution in [0.2, 0.25) is 0 Å². The van der Waals surface area contributed by atoms with E-state index in [1.54, 1.807) is 11.8 Å². The van der Waals surface area contributed by atoms with Gasteiger partial charge in [0, 0.05) is 48.6 Å². The minimum atomic E-state index is 0.840. The van der Waals surface area contributed by atoms with Gasteiger partial charge in [-0.05, 0) is 41.2 Å². The lowest BCUT2D eigenvalue weighted by molar-refractivity contribution is 0.637. The molecule has 0 unspecified atom stereocenters. The molecule has 0 aromatic carbocycles. The second-order valence-corrected chi connectivity index (χ2v) is 6.85. The summed E-state index contributed by atoms with van der Waals surface area (Å²) in [5.74, 6) is 2.06. The Morgan fingerprint density at radius 3 is 2.32 bits per heavy atom. The summed E-state index contributed by atoms with van der Waals surface area (Å²) in [6, 6.07) is 6.15. The molecule has 1 fully saturated rings. The fraction of sp³-hybridized carbons (Fsp3) is 0.400. The van der Waals surface area contributed by atoms with Gasteiger partial charge in [0.15, 0.2) is 5.16 Å². The molecule has 0 radical (unpaired) electrons. The number of anilines is 2. The van der Waals surface area contributed by atoms with Crippen LogP contribution in [0.25, 0.3) is 0 Å². The van der Waals surface area contributed by atoms with E-state index in [0.717, 1.165) is 53.1 Å². The zero-order valence-corrected chi connectivity index (χ0v) is 15.1. The maximum absolute atomic E-state index is 4.62. The third-order valence-corrected chi connectivity index (χ3v) is 4.66. The number of thioether (sulfide) groups is 1. The molecular formula is C15H18BrN5S. The SMILES string of the molecule is CSc1nc(C)cc(N2CCN(c3ccc(Br)cn3)CC2)n1. The van der Waals surface area contributed by atoms with Crippen molar-refractivity contribution in [2.24, 2.45) is 0 Å². The molecule has 1 saturated heterocycles. The Balaban J connectivity index is 1.69. The Hall–Kier alpha value is -1.34. The molecule has 1 aliphatic heterocycles. The van der Waals surface area contributed by atoms with Gasteiger partial charge in [0.05, 0.1) is 0 Å². The summed E-state index contributed by atoms with van der Waals surface area (Å²) in [6.45, 7) is 5.81. The highest BCUT2D eigenvalue weighted by atomic mass is 79.9. The van der Waals surface area contributed by atoms with Crippen LogP contribution >= 0.6 is 27.7 Å². The lowest BCUT2D eigenvalue weighted by atomic mass is 10.3. The van der Waals surface area contributed by atoms with Gasteiger partial charge in [-0.1, -0.05) is 11.8 Å². The molecule has 7 heteroatoms. The van der Waals surface area contributed by atoms with Crippen molar-refractivity contribution in [1.29, 1.82) is 0 Å². The highest BCUT2D eigenvalue weighted by molar-refractivity contribution is 9.10. The highest BCUT2D eigenvalue weighted by Crippen LogP contribution is 2.21. The van der Waals surface area contributed by atoms with Gasteiger partial charge in [-0.15, -0.1) is 0 Å². The summed E-state index contributed by atoms with van der Waals surface area (Å²) in [5.41, 5.74) is 1.02. The summed E-state index contributed by atoms with van der Waals surface area (Å²) in [6.07, 6.45) is 3.86. The van der Waals surface area contributed by atoms with Crippen molar-refractivity contribution in [3.63, 3.8) is 0 Å². The minimum Gasteiger partial charge on any atom is -0.353 e. The first-order valence-electron chi connectivity index (χ1n) is 7.17. The Bertz CT molecular complexity index is 641. The number of pyridine rings is 1. The van der Waals surface area contributed by atoms with E-state index in [1.165, 1.54) is 0 Å². The van der Waals surface area contributed by atoms with Gasteiger partial charge in [-0.25, -0.2) is 15.0 Å². The molecule has 22 heavy (non-hydrogen) atoms. The molecule has 116 valence electrons. The van der Waals surface area contributed by atoms with Crippen molar-refractivity contribution >= 4 is 39.3 Å². The van der Waals surface area contributed by atoms with Crippen molar-refractivity contribution in [2.45, 2.75) is 12.1 Å². The zero-order valence-electron chi connectivity index (χ0n) is 12.7. The van der Waals surface area contributed by atoms with E-state index >= 15 is 0 Å². The Morgan fingerprint density at radius 2 is 1.73 bits per heavy atom. The van der Waals surface area contributed by atoms with E-state index in [-0.39, 0.29) is 0 Å². The smallest absolute Gasteiger partial charge is 0.189 e. The Labute approximate surface area is 143 Å². The number of hydrogen-bond donors (Lipinski definition) is 0. The van der Waals surface area contributed by atoms with Crippen LogP contribution in [-0.4, -0.2) is 47.4 Å². The molecule has 5 nitrogen and oxygen atoms in total. The number of piperazine rings is 1. The topological polar surface area (TPSA) is 45.2 Å². The number of rotatable bonds is 3. The highest BCUT2D eigenvalue weighted by Gasteiger charge is 2.19. The molecule has 3 heterocycles. The van der Waals surface area contributed by atoms with Crippen LogP contribution in [0.1, 0.15) is 5.69 Å². The monoisotopic (exact) mass is 379 g/mol. The molecule has 0 aliphatic carbocycles. The van der Waals surface area contributed by atoms with Crippen LogP contribution < -0.4 is 9.80 Å². The summed E-state index contributed by atoms with van der Waals surface area (Å²) < 4.78 is 1.01. The lowest BCUT2D eigenvalue weighted by Gasteiger charge is -2.36. The Morgan fingerprint density at radius 1 is 1.05 bits per heavy atom. The minimum absolute atomic E-state index is 0.840. The molecule has 0 bridgehead atoms. The normalized spacial score (nSPS) is 15.2. The van der Waals surface area contributed by atoms with Crippen molar-refractivity contribution in [1.82, 2.24) is 15.0 Å². The summed E-state index contributed by atoms with van der Waals surface area (Å²) in [7, 11) is 0. The van der Waals surface area contributed by atoms with Crippen molar-refractivity contribution < 1.29 is 0 Å². The van der Waals surface area contributed by atoms with Gasteiger partial charge in [-0.2, -0.15) is 0 Å². The first-order valence-corrected chi connectivity index (χ1v) is 9.18. The molecule has 2 aromatic rings. The average molecular weight is 380 g/mol. The van der Waals surface area contributed by atoms with Crippen molar-refractivity contribution in [3.05, 3.63) is 34.6 Å². The fourth-order valence-electron chi connectivity index (χ4n) is 2.50. The summed E-state index contributed by atoms with van der Waals surface area (Å²) in [4.78, 5) is 18.1. The van der Waals surface area contributed by atoms with Crippen LogP contribution in [0.5, 0.6) is 0 Å². The van der Waals surface area contributed by atoms with Crippen LogP contribution in [0.4, 0.5) is 11.6 Å². The van der Waals surface area contributed by atoms with E-state index < -0.39 is 0 Å². The van der Waals surface area contributed by atoms with E-state index in [4.69, 9.17) is 0 Å². The summed E-state index contributed by atoms with van der Waals surface area (Å²) in [5, 5.41) is 0.840. The second-order valence-electron chi connectivity index (χ2n) is 5.16. The third-order valence-electron chi connectivity index (χ3n) is 3.64. The van der Waals surface area contributed by atoms with Crippen LogP contribution in [0, 0.1) is 6.92 Å². The molecular weight excluding hydrogens is 362 g/mol. The maximum Gasteiger partial charge on any atom is 0.189 e. The van der Waals surface area contributed by atoms with E-state index in [2.05, 4.69) is 52.8 Å². The maximum atomic E-state index is 4.62. The molecule has 3 rings (SSSR count). The largest absolute Gasteiger partial charge is 0.353 e. The number of halogens is 1. The molecule has 0 atom stereocenters. The first kappa shape index (κ1) is 15.6. The third kappa shape index (κ3) is 3.52. The predicted molar refractivity (Wildman–Crippen MR) is 94.9 cm³/mol. The van der Waals surface area contributed by atoms with Crippen LogP contribution in [0.3, 0.4) is 0 Å². The molecule has 0 saturated carbocycles. The van der Waals surface area contributed by atoms with E-state index in [0.29, 0.717) is 0 Å². The van der Waals surface area contributed by atoms with Gasteiger partial charge in [0.2, 0.25) is 0 Å². The Kier molecular flexibility index (Phi) is 4.83. The van der Waals surface area contributed by atoms with Crippen LogP contribution in [-0.2, 0) is 0 Å². The van der Waals surface area contributed by atoms with E-state index in [1.807, 2.05) is 25.4 Å². The quantitative estimate of drug-likeness (QED) is 0.603. The number of hydrogen-bond acceptors (Lipinski definition) is 6. The van der Waals surface area contributed by atoms with Crippen molar-refractivity contribution in [2.75, 3.05) is 42.2 Å². The predicted octanol–water partition coefficient (Wildman–Crippen LogP) is 2.99. The van der Waals surface area contributed by atoms with Gasteiger partial charge >= 0.3 is 0 Å². The van der Waals surface area contributed by atoms with Gasteiger partial charge < -0.3 is 9.80 Å². The first-order chi connectivity index (χ1) is 10.7. The standard InChI is InChI=1S/C15H18BrN5S/c1-11-9-14(19-15(18-11)22-2)21-7-5-20(6-8-21)13-4-3-12(16)10-17-13/h3-4,9-10H,5-8H2,1-2H3. The van der Waals surface area contributed by atoms with Gasteiger partial charge in [0.1, 0.15) is 11.6 Å². The number of aryl methyl sites for hydroxylation is 1. The number of aromatic nitrogens is 3. The average Bonchev–Trinajstić information content (AvgIpc) is 2.55. The van der Waals surface area contributed by atoms with E-state index in [9.17, 15) is 0 Å². The van der Waals surface area contributed by atoms with Crippen molar-refractivity contribution in [3.8, 4) is 0 Å². The fourth-order valence-corrected chi connectivity index (χ4v) is 3.15. The molecule has 0 amide bonds. The van der Waals surface area contributed by atoms with Gasteiger partial charge in [0.25, 0.3) is 0 Å². The zero-order chi connectivity index (χ0) is 15.5. The second kappa shape index (κ2) is 6.83. The van der Waals surface area contributed by atoms with Gasteiger partial charge in [-0.3, -0.25) is 0 Å². The molecule has 1 aliphatic rings. The number of nitrogens with zero attached hydrogens (tertiary/aromatic N) is 5. The molecule has 0 spiro atoms.